The lowest BCUT2D eigenvalue weighted by Crippen LogP contribution is -1.97. The number of hydrogen-bond acceptors (Lipinski definition) is 2. The van der Waals surface area contributed by atoms with Gasteiger partial charge in [-0.15, -0.1) is 0 Å². The fourth-order valence-corrected chi connectivity index (χ4v) is 2.16. The monoisotopic (exact) mass is 241 g/mol. The second kappa shape index (κ2) is 5.69. The Hall–Kier alpha value is -1.80. The number of aryl methyl sites for hydroxylation is 1. The molecule has 2 aromatic rings. The van der Waals surface area contributed by atoms with Crippen LogP contribution in [0.15, 0.2) is 36.4 Å². The minimum atomic E-state index is -0.00157. The minimum absolute atomic E-state index is 0.00157. The summed E-state index contributed by atoms with van der Waals surface area (Å²) in [6.45, 7) is 2.11. The molecule has 0 heterocycles. The lowest BCUT2D eigenvalue weighted by molar-refractivity contribution is 0.281. The van der Waals surface area contributed by atoms with Gasteiger partial charge in [-0.05, 0) is 35.2 Å². The van der Waals surface area contributed by atoms with E-state index < -0.39 is 0 Å². The third-order valence-electron chi connectivity index (χ3n) is 3.08. The third-order valence-corrected chi connectivity index (χ3v) is 3.08. The summed E-state index contributed by atoms with van der Waals surface area (Å²) in [7, 11) is 1.65. The van der Waals surface area contributed by atoms with Crippen molar-refractivity contribution in [1.82, 2.24) is 0 Å². The maximum absolute atomic E-state index is 9.49. The Morgan fingerprint density at radius 1 is 1.17 bits per heavy atom. The Bertz CT molecular complexity index is 510. The Kier molecular flexibility index (Phi) is 4.00. The van der Waals surface area contributed by atoms with Gasteiger partial charge in [0.2, 0.25) is 0 Å². The molecule has 0 fully saturated rings. The van der Waals surface area contributed by atoms with Crippen molar-refractivity contribution in [2.45, 2.75) is 20.0 Å². The van der Waals surface area contributed by atoms with Gasteiger partial charge in [-0.25, -0.2) is 0 Å². The van der Waals surface area contributed by atoms with Gasteiger partial charge in [-0.3, -0.25) is 0 Å². The van der Waals surface area contributed by atoms with E-state index in [1.165, 1.54) is 5.56 Å². The molecule has 2 rings (SSSR count). The van der Waals surface area contributed by atoms with Crippen LogP contribution in [-0.2, 0) is 13.0 Å². The fraction of sp³-hybridized carbons (Fsp3) is 0.250. The van der Waals surface area contributed by atoms with E-state index in [4.69, 9.17) is 4.74 Å². The molecule has 2 nitrogen and oxygen atoms in total. The van der Waals surface area contributed by atoms with E-state index in [-0.39, 0.29) is 6.61 Å². The van der Waals surface area contributed by atoms with E-state index in [1.807, 2.05) is 30.3 Å². The summed E-state index contributed by atoms with van der Waals surface area (Å²) in [5.41, 5.74) is 4.03. The summed E-state index contributed by atoms with van der Waals surface area (Å²) in [6, 6.07) is 14.9. The summed E-state index contributed by atoms with van der Waals surface area (Å²) in [5, 5.41) is 9.49. The van der Waals surface area contributed by atoms with Crippen molar-refractivity contribution < 1.29 is 9.84 Å². The lowest BCUT2D eigenvalue weighted by Gasteiger charge is -2.15. The zero-order chi connectivity index (χ0) is 13.0. The van der Waals surface area contributed by atoms with E-state index >= 15 is 0 Å². The molecule has 1 radical (unpaired) electrons. The maximum Gasteiger partial charge on any atom is 0.127 e. The molecule has 0 aliphatic carbocycles. The summed E-state index contributed by atoms with van der Waals surface area (Å²) < 4.78 is 5.41. The first-order valence-corrected chi connectivity index (χ1v) is 6.08. The molecule has 0 atom stereocenters. The summed E-state index contributed by atoms with van der Waals surface area (Å²) in [6.07, 6.45) is 0.926. The number of ether oxygens (including phenoxy) is 1. The van der Waals surface area contributed by atoms with Crippen molar-refractivity contribution in [3.63, 3.8) is 0 Å². The number of rotatable bonds is 4. The minimum Gasteiger partial charge on any atom is -0.496 e. The summed E-state index contributed by atoms with van der Waals surface area (Å²) in [4.78, 5) is 0. The van der Waals surface area contributed by atoms with Crippen LogP contribution in [-0.4, -0.2) is 12.2 Å². The molecule has 93 valence electrons. The standard InChI is InChI=1S/C16H17O2/c1-3-12-7-4-5-9-14(12)16-13(11-17)8-6-10-15(16)18-2/h4-8,10,17H,3,11H2,1-2H3. The lowest BCUT2D eigenvalue weighted by atomic mass is 9.93. The van der Waals surface area contributed by atoms with Crippen LogP contribution in [0.1, 0.15) is 18.1 Å². The molecule has 0 amide bonds. The number of aliphatic hydroxyl groups excluding tert-OH is 1. The van der Waals surface area contributed by atoms with E-state index in [0.717, 1.165) is 28.9 Å². The first-order valence-electron chi connectivity index (χ1n) is 6.08. The fourth-order valence-electron chi connectivity index (χ4n) is 2.16. The average molecular weight is 241 g/mol. The number of aliphatic hydroxyl groups is 1. The summed E-state index contributed by atoms with van der Waals surface area (Å²) >= 11 is 0. The molecular formula is C16H17O2. The van der Waals surface area contributed by atoms with Crippen LogP contribution in [0, 0.1) is 6.07 Å². The molecule has 0 saturated carbocycles. The van der Waals surface area contributed by atoms with Gasteiger partial charge in [0.1, 0.15) is 5.75 Å². The van der Waals surface area contributed by atoms with Crippen LogP contribution in [0.25, 0.3) is 11.1 Å². The maximum atomic E-state index is 9.49. The Morgan fingerprint density at radius 2 is 1.94 bits per heavy atom. The first kappa shape index (κ1) is 12.7. The molecule has 0 spiro atoms. The van der Waals surface area contributed by atoms with Crippen molar-refractivity contribution in [3.05, 3.63) is 53.6 Å². The largest absolute Gasteiger partial charge is 0.496 e. The van der Waals surface area contributed by atoms with Crippen LogP contribution in [0.4, 0.5) is 0 Å². The Balaban J connectivity index is 2.68. The van der Waals surface area contributed by atoms with Gasteiger partial charge in [0, 0.05) is 5.56 Å². The van der Waals surface area contributed by atoms with E-state index in [0.29, 0.717) is 0 Å². The number of hydrogen-bond donors (Lipinski definition) is 1. The molecule has 0 aliphatic heterocycles. The Labute approximate surface area is 108 Å². The predicted octanol–water partition coefficient (Wildman–Crippen LogP) is 3.22. The van der Waals surface area contributed by atoms with Gasteiger partial charge in [0.05, 0.1) is 13.7 Å². The van der Waals surface area contributed by atoms with Crippen molar-refractivity contribution in [1.29, 1.82) is 0 Å². The van der Waals surface area contributed by atoms with Crippen LogP contribution < -0.4 is 4.74 Å². The highest BCUT2D eigenvalue weighted by atomic mass is 16.5. The van der Waals surface area contributed by atoms with Gasteiger partial charge in [0.25, 0.3) is 0 Å². The Morgan fingerprint density at radius 3 is 2.61 bits per heavy atom. The zero-order valence-electron chi connectivity index (χ0n) is 10.7. The molecule has 0 aliphatic rings. The van der Waals surface area contributed by atoms with Gasteiger partial charge < -0.3 is 9.84 Å². The third kappa shape index (κ3) is 2.24. The molecule has 0 unspecified atom stereocenters. The number of methoxy groups -OCH3 is 1. The van der Waals surface area contributed by atoms with Crippen LogP contribution in [0.3, 0.4) is 0 Å². The molecule has 2 aromatic carbocycles. The van der Waals surface area contributed by atoms with Crippen molar-refractivity contribution in [2.75, 3.05) is 7.11 Å². The average Bonchev–Trinajstić information content (AvgIpc) is 2.46. The molecular weight excluding hydrogens is 224 g/mol. The zero-order valence-corrected chi connectivity index (χ0v) is 10.7. The summed E-state index contributed by atoms with van der Waals surface area (Å²) in [5.74, 6) is 0.777. The molecule has 18 heavy (non-hydrogen) atoms. The molecule has 1 N–H and O–H groups in total. The van der Waals surface area contributed by atoms with Crippen LogP contribution in [0.5, 0.6) is 5.75 Å². The molecule has 2 heteroatoms. The van der Waals surface area contributed by atoms with Gasteiger partial charge in [0.15, 0.2) is 0 Å². The quantitative estimate of drug-likeness (QED) is 0.890. The van der Waals surface area contributed by atoms with Crippen molar-refractivity contribution in [2.24, 2.45) is 0 Å². The smallest absolute Gasteiger partial charge is 0.127 e. The second-order valence-corrected chi connectivity index (χ2v) is 4.08. The van der Waals surface area contributed by atoms with E-state index in [9.17, 15) is 5.11 Å². The van der Waals surface area contributed by atoms with Crippen LogP contribution >= 0.6 is 0 Å². The van der Waals surface area contributed by atoms with E-state index in [2.05, 4.69) is 19.1 Å². The SMILES string of the molecule is CCc1ccc[c]c1-c1c(CO)cccc1OC. The van der Waals surface area contributed by atoms with Crippen molar-refractivity contribution >= 4 is 0 Å². The van der Waals surface area contributed by atoms with Crippen molar-refractivity contribution in [3.8, 4) is 16.9 Å². The first-order chi connectivity index (χ1) is 8.81. The normalized spacial score (nSPS) is 10.4. The van der Waals surface area contributed by atoms with Gasteiger partial charge >= 0.3 is 0 Å². The highest BCUT2D eigenvalue weighted by molar-refractivity contribution is 5.76. The molecule has 0 aromatic heterocycles. The topological polar surface area (TPSA) is 29.5 Å². The number of benzene rings is 2. The second-order valence-electron chi connectivity index (χ2n) is 4.08. The van der Waals surface area contributed by atoms with Gasteiger partial charge in [-0.1, -0.05) is 37.3 Å². The predicted molar refractivity (Wildman–Crippen MR) is 72.6 cm³/mol. The van der Waals surface area contributed by atoms with Crippen LogP contribution in [0.2, 0.25) is 0 Å². The van der Waals surface area contributed by atoms with E-state index in [1.54, 1.807) is 7.11 Å². The highest BCUT2D eigenvalue weighted by Crippen LogP contribution is 2.35. The highest BCUT2D eigenvalue weighted by Gasteiger charge is 2.13. The molecule has 0 bridgehead atoms. The van der Waals surface area contributed by atoms with Gasteiger partial charge in [-0.2, -0.15) is 0 Å². The molecule has 0 saturated heterocycles.